The molecule has 1 aromatic heterocycles. The predicted molar refractivity (Wildman–Crippen MR) is 76.6 cm³/mol. The number of ketones is 1. The summed E-state index contributed by atoms with van der Waals surface area (Å²) >= 11 is 0. The van der Waals surface area contributed by atoms with Crippen LogP contribution in [0.1, 0.15) is 29.8 Å². The lowest BCUT2D eigenvalue weighted by Crippen LogP contribution is -2.15. The summed E-state index contributed by atoms with van der Waals surface area (Å²) in [6.45, 7) is 2.52. The number of aromatic hydroxyl groups is 2. The van der Waals surface area contributed by atoms with Crippen molar-refractivity contribution in [3.63, 3.8) is 0 Å². The number of Topliss-reactive ketones (excluding diaryl/α,β-unsaturated/α-hetero) is 1. The van der Waals surface area contributed by atoms with Crippen LogP contribution in [0.5, 0.6) is 11.7 Å². The van der Waals surface area contributed by atoms with Crippen LogP contribution in [0.4, 0.5) is 10.1 Å². The van der Waals surface area contributed by atoms with E-state index >= 15 is 0 Å². The van der Waals surface area contributed by atoms with Gasteiger partial charge in [0.05, 0.1) is 11.4 Å². The maximum atomic E-state index is 12.8. The number of carbonyl (C=O) groups is 1. The zero-order chi connectivity index (χ0) is 16.4. The van der Waals surface area contributed by atoms with Crippen LogP contribution in [0.25, 0.3) is 0 Å². The van der Waals surface area contributed by atoms with Gasteiger partial charge in [0, 0.05) is 0 Å². The van der Waals surface area contributed by atoms with Crippen molar-refractivity contribution >= 4 is 17.2 Å². The maximum Gasteiger partial charge on any atom is 0.351 e. The molecule has 7 heteroatoms. The minimum absolute atomic E-state index is 0.0559. The van der Waals surface area contributed by atoms with E-state index in [9.17, 15) is 24.2 Å². The fourth-order valence-electron chi connectivity index (χ4n) is 1.91. The molecule has 22 heavy (non-hydrogen) atoms. The van der Waals surface area contributed by atoms with Crippen LogP contribution in [-0.4, -0.2) is 21.7 Å². The van der Waals surface area contributed by atoms with Crippen molar-refractivity contribution in [1.82, 2.24) is 0 Å². The standard InChI is InChI=1S/C15H12FNO5/c1-7(17-10-5-3-9(16)4-6-10)11-13(19)12(8(2)18)15(21)22-14(11)20/h3-6,19,21H,1-2H3. The normalized spacial score (nSPS) is 11.5. The average molecular weight is 305 g/mol. The van der Waals surface area contributed by atoms with Gasteiger partial charge in [0.15, 0.2) is 5.78 Å². The Morgan fingerprint density at radius 2 is 1.73 bits per heavy atom. The Labute approximate surface area is 124 Å². The first-order valence-corrected chi connectivity index (χ1v) is 6.22. The Kier molecular flexibility index (Phi) is 4.07. The van der Waals surface area contributed by atoms with Crippen LogP contribution in [0.15, 0.2) is 38.5 Å². The predicted octanol–water partition coefficient (Wildman–Crippen LogP) is 2.53. The van der Waals surface area contributed by atoms with E-state index in [1.165, 1.54) is 31.2 Å². The Morgan fingerprint density at radius 3 is 2.27 bits per heavy atom. The molecule has 0 atom stereocenters. The Bertz CT molecular complexity index is 821. The van der Waals surface area contributed by atoms with Crippen molar-refractivity contribution in [2.75, 3.05) is 0 Å². The van der Waals surface area contributed by atoms with Crippen molar-refractivity contribution in [3.05, 3.63) is 51.6 Å². The van der Waals surface area contributed by atoms with Crippen LogP contribution in [0.3, 0.4) is 0 Å². The highest BCUT2D eigenvalue weighted by Crippen LogP contribution is 2.29. The monoisotopic (exact) mass is 305 g/mol. The number of aliphatic imine (C=N–C) groups is 1. The second-order valence-electron chi connectivity index (χ2n) is 4.52. The molecule has 6 nitrogen and oxygen atoms in total. The molecule has 0 fully saturated rings. The van der Waals surface area contributed by atoms with E-state index in [0.717, 1.165) is 6.92 Å². The zero-order valence-corrected chi connectivity index (χ0v) is 11.8. The van der Waals surface area contributed by atoms with E-state index in [-0.39, 0.29) is 11.3 Å². The number of rotatable bonds is 3. The van der Waals surface area contributed by atoms with Gasteiger partial charge in [-0.1, -0.05) is 0 Å². The number of hydrogen-bond acceptors (Lipinski definition) is 6. The molecule has 114 valence electrons. The van der Waals surface area contributed by atoms with Gasteiger partial charge in [-0.3, -0.25) is 9.79 Å². The second-order valence-corrected chi connectivity index (χ2v) is 4.52. The Balaban J connectivity index is 2.61. The van der Waals surface area contributed by atoms with Crippen LogP contribution < -0.4 is 5.63 Å². The third kappa shape index (κ3) is 2.88. The molecule has 2 N–H and O–H groups in total. The maximum absolute atomic E-state index is 12.8. The highest BCUT2D eigenvalue weighted by molar-refractivity contribution is 6.07. The summed E-state index contributed by atoms with van der Waals surface area (Å²) in [5, 5.41) is 19.5. The first kappa shape index (κ1) is 15.4. The van der Waals surface area contributed by atoms with E-state index in [0.29, 0.717) is 5.69 Å². The highest BCUT2D eigenvalue weighted by Gasteiger charge is 2.23. The van der Waals surface area contributed by atoms with E-state index in [1.807, 2.05) is 0 Å². The number of nitrogens with zero attached hydrogens (tertiary/aromatic N) is 1. The van der Waals surface area contributed by atoms with E-state index < -0.39 is 34.5 Å². The van der Waals surface area contributed by atoms with E-state index in [1.54, 1.807) is 0 Å². The number of carbonyl (C=O) groups excluding carboxylic acids is 1. The molecule has 0 unspecified atom stereocenters. The molecule has 0 spiro atoms. The zero-order valence-electron chi connectivity index (χ0n) is 11.8. The number of benzene rings is 1. The molecule has 1 heterocycles. The smallest absolute Gasteiger partial charge is 0.351 e. The van der Waals surface area contributed by atoms with Gasteiger partial charge in [-0.15, -0.1) is 0 Å². The molecule has 0 radical (unpaired) electrons. The van der Waals surface area contributed by atoms with Crippen molar-refractivity contribution in [1.29, 1.82) is 0 Å². The number of hydrogen-bond donors (Lipinski definition) is 2. The highest BCUT2D eigenvalue weighted by atomic mass is 19.1. The third-order valence-corrected chi connectivity index (χ3v) is 2.92. The second kappa shape index (κ2) is 5.80. The van der Waals surface area contributed by atoms with Gasteiger partial charge < -0.3 is 14.6 Å². The average Bonchev–Trinajstić information content (AvgIpc) is 2.40. The number of halogens is 1. The third-order valence-electron chi connectivity index (χ3n) is 2.92. The molecule has 1 aromatic carbocycles. The Morgan fingerprint density at radius 1 is 1.14 bits per heavy atom. The molecule has 0 aliphatic heterocycles. The Hall–Kier alpha value is -2.96. The molecule has 0 aliphatic carbocycles. The van der Waals surface area contributed by atoms with Crippen molar-refractivity contribution in [3.8, 4) is 11.7 Å². The van der Waals surface area contributed by atoms with Gasteiger partial charge in [0.1, 0.15) is 22.7 Å². The minimum Gasteiger partial charge on any atom is -0.506 e. The summed E-state index contributed by atoms with van der Waals surface area (Å²) in [5.41, 5.74) is -1.48. The van der Waals surface area contributed by atoms with Gasteiger partial charge in [0.25, 0.3) is 5.95 Å². The molecule has 0 saturated heterocycles. The molecular formula is C15H12FNO5. The van der Waals surface area contributed by atoms with Crippen LogP contribution in [0, 0.1) is 5.82 Å². The molecule has 2 rings (SSSR count). The van der Waals surface area contributed by atoms with Crippen LogP contribution in [0.2, 0.25) is 0 Å². The summed E-state index contributed by atoms with van der Waals surface area (Å²) in [5.74, 6) is -2.77. The lowest BCUT2D eigenvalue weighted by Gasteiger charge is -2.07. The van der Waals surface area contributed by atoms with Gasteiger partial charge in [-0.05, 0) is 38.1 Å². The molecular weight excluding hydrogens is 293 g/mol. The largest absolute Gasteiger partial charge is 0.506 e. The van der Waals surface area contributed by atoms with E-state index in [2.05, 4.69) is 9.41 Å². The lowest BCUT2D eigenvalue weighted by molar-refractivity contribution is 0.100. The van der Waals surface area contributed by atoms with E-state index in [4.69, 9.17) is 0 Å². The van der Waals surface area contributed by atoms with Crippen molar-refractivity contribution in [2.45, 2.75) is 13.8 Å². The minimum atomic E-state index is -1.04. The SMILES string of the molecule is CC(=O)c1c(O)oc(=O)c(C(C)=Nc2ccc(F)cc2)c1O. The lowest BCUT2D eigenvalue weighted by atomic mass is 10.1. The summed E-state index contributed by atoms with van der Waals surface area (Å²) in [7, 11) is 0. The van der Waals surface area contributed by atoms with Crippen LogP contribution >= 0.6 is 0 Å². The first-order valence-electron chi connectivity index (χ1n) is 6.22. The summed E-state index contributed by atoms with van der Waals surface area (Å²) in [6.07, 6.45) is 0. The van der Waals surface area contributed by atoms with Gasteiger partial charge in [0.2, 0.25) is 0 Å². The fourth-order valence-corrected chi connectivity index (χ4v) is 1.91. The van der Waals surface area contributed by atoms with Crippen molar-refractivity contribution < 1.29 is 23.8 Å². The quantitative estimate of drug-likeness (QED) is 0.670. The summed E-state index contributed by atoms with van der Waals surface area (Å²) < 4.78 is 17.4. The van der Waals surface area contributed by atoms with Crippen molar-refractivity contribution in [2.24, 2.45) is 4.99 Å². The molecule has 0 amide bonds. The molecule has 0 saturated carbocycles. The topological polar surface area (TPSA) is 100 Å². The van der Waals surface area contributed by atoms with Gasteiger partial charge in [-0.2, -0.15) is 0 Å². The fraction of sp³-hybridized carbons (Fsp3) is 0.133. The molecule has 2 aromatic rings. The van der Waals surface area contributed by atoms with Gasteiger partial charge >= 0.3 is 5.63 Å². The van der Waals surface area contributed by atoms with Crippen LogP contribution in [-0.2, 0) is 0 Å². The first-order chi connectivity index (χ1) is 10.3. The van der Waals surface area contributed by atoms with Gasteiger partial charge in [-0.25, -0.2) is 9.18 Å². The summed E-state index contributed by atoms with van der Waals surface area (Å²) in [4.78, 5) is 27.2. The molecule has 0 aliphatic rings. The summed E-state index contributed by atoms with van der Waals surface area (Å²) in [6, 6.07) is 5.13. The molecule has 0 bridgehead atoms.